The lowest BCUT2D eigenvalue weighted by Crippen LogP contribution is -2.39. The van der Waals surface area contributed by atoms with Gasteiger partial charge in [0.15, 0.2) is 0 Å². The zero-order chi connectivity index (χ0) is 12.3. The fraction of sp³-hybridized carbons (Fsp3) is 0.583. The second-order valence-corrected chi connectivity index (χ2v) is 4.37. The molecule has 2 heterocycles. The van der Waals surface area contributed by atoms with Gasteiger partial charge in [-0.25, -0.2) is 4.79 Å². The van der Waals surface area contributed by atoms with Crippen molar-refractivity contribution in [3.8, 4) is 0 Å². The predicted molar refractivity (Wildman–Crippen MR) is 62.5 cm³/mol. The van der Waals surface area contributed by atoms with Crippen LogP contribution >= 0.6 is 0 Å². The zero-order valence-corrected chi connectivity index (χ0v) is 10.0. The number of hydrogen-bond donors (Lipinski definition) is 1. The van der Waals surface area contributed by atoms with Crippen LogP contribution in [0.2, 0.25) is 0 Å². The Balaban J connectivity index is 1.90. The Kier molecular flexibility index (Phi) is 3.81. The van der Waals surface area contributed by atoms with Crippen LogP contribution < -0.4 is 5.73 Å². The summed E-state index contributed by atoms with van der Waals surface area (Å²) < 4.78 is 10.0. The van der Waals surface area contributed by atoms with Crippen molar-refractivity contribution in [3.63, 3.8) is 0 Å². The molecule has 0 aromatic carbocycles. The molecular weight excluding hydrogens is 220 g/mol. The van der Waals surface area contributed by atoms with E-state index in [1.165, 1.54) is 7.11 Å². The Bertz CT molecular complexity index is 381. The van der Waals surface area contributed by atoms with Gasteiger partial charge in [0.1, 0.15) is 5.76 Å². The summed E-state index contributed by atoms with van der Waals surface area (Å²) in [4.78, 5) is 13.5. The number of furan rings is 1. The Morgan fingerprint density at radius 3 is 2.88 bits per heavy atom. The number of ether oxygens (including phenoxy) is 1. The monoisotopic (exact) mass is 238 g/mol. The lowest BCUT2D eigenvalue weighted by molar-refractivity contribution is 0.0560. The van der Waals surface area contributed by atoms with Crippen LogP contribution in [-0.4, -0.2) is 37.1 Å². The molecule has 0 amide bonds. The number of likely N-dealkylation sites (tertiary alicyclic amines) is 1. The van der Waals surface area contributed by atoms with Gasteiger partial charge < -0.3 is 14.9 Å². The van der Waals surface area contributed by atoms with E-state index in [9.17, 15) is 4.79 Å². The minimum absolute atomic E-state index is 0.260. The highest BCUT2D eigenvalue weighted by Gasteiger charge is 2.18. The fourth-order valence-electron chi connectivity index (χ4n) is 2.00. The minimum Gasteiger partial charge on any atom is -0.463 e. The maximum atomic E-state index is 11.2. The van der Waals surface area contributed by atoms with Gasteiger partial charge in [-0.2, -0.15) is 0 Å². The van der Waals surface area contributed by atoms with Crippen molar-refractivity contribution in [3.05, 3.63) is 23.7 Å². The Labute approximate surface area is 101 Å². The van der Waals surface area contributed by atoms with E-state index in [4.69, 9.17) is 10.2 Å². The van der Waals surface area contributed by atoms with Crippen LogP contribution in [0, 0.1) is 0 Å². The molecule has 0 unspecified atom stereocenters. The Morgan fingerprint density at radius 1 is 1.53 bits per heavy atom. The number of esters is 1. The molecule has 0 radical (unpaired) electrons. The molecule has 1 aliphatic heterocycles. The second-order valence-electron chi connectivity index (χ2n) is 4.37. The Morgan fingerprint density at radius 2 is 2.24 bits per heavy atom. The summed E-state index contributed by atoms with van der Waals surface area (Å²) in [5, 5.41) is 0. The van der Waals surface area contributed by atoms with Gasteiger partial charge in [0.05, 0.1) is 13.7 Å². The number of rotatable bonds is 3. The standard InChI is InChI=1S/C12H18N2O3/c1-16-12(15)11-3-2-10(17-11)8-14-6-4-9(13)5-7-14/h2-3,9H,4-8,13H2,1H3. The summed E-state index contributed by atoms with van der Waals surface area (Å²) in [5.41, 5.74) is 5.84. The number of carbonyl (C=O) groups is 1. The molecule has 0 saturated carbocycles. The third-order valence-corrected chi connectivity index (χ3v) is 3.06. The molecule has 0 bridgehead atoms. The SMILES string of the molecule is COC(=O)c1ccc(CN2CCC(N)CC2)o1. The van der Waals surface area contributed by atoms with Crippen molar-refractivity contribution in [1.82, 2.24) is 4.90 Å². The first kappa shape index (κ1) is 12.1. The molecule has 1 aromatic rings. The summed E-state index contributed by atoms with van der Waals surface area (Å²) >= 11 is 0. The molecule has 1 aromatic heterocycles. The highest BCUT2D eigenvalue weighted by atomic mass is 16.5. The van der Waals surface area contributed by atoms with Crippen LogP contribution in [-0.2, 0) is 11.3 Å². The second kappa shape index (κ2) is 5.33. The summed E-state index contributed by atoms with van der Waals surface area (Å²) in [6.07, 6.45) is 2.04. The predicted octanol–water partition coefficient (Wildman–Crippen LogP) is 0.989. The maximum Gasteiger partial charge on any atom is 0.373 e. The van der Waals surface area contributed by atoms with E-state index in [2.05, 4.69) is 9.64 Å². The van der Waals surface area contributed by atoms with Crippen LogP contribution in [0.15, 0.2) is 16.5 Å². The first-order valence-electron chi connectivity index (χ1n) is 5.84. The van der Waals surface area contributed by atoms with Gasteiger partial charge in [0.25, 0.3) is 0 Å². The van der Waals surface area contributed by atoms with Crippen molar-refractivity contribution >= 4 is 5.97 Å². The quantitative estimate of drug-likeness (QED) is 0.795. The van der Waals surface area contributed by atoms with E-state index >= 15 is 0 Å². The van der Waals surface area contributed by atoms with Crippen LogP contribution in [0.4, 0.5) is 0 Å². The first-order valence-corrected chi connectivity index (χ1v) is 5.84. The van der Waals surface area contributed by atoms with Crippen molar-refractivity contribution in [1.29, 1.82) is 0 Å². The molecule has 0 spiro atoms. The fourth-order valence-corrected chi connectivity index (χ4v) is 2.00. The van der Waals surface area contributed by atoms with Gasteiger partial charge in [0, 0.05) is 19.1 Å². The largest absolute Gasteiger partial charge is 0.463 e. The lowest BCUT2D eigenvalue weighted by Gasteiger charge is -2.29. The number of hydrogen-bond acceptors (Lipinski definition) is 5. The van der Waals surface area contributed by atoms with Crippen molar-refractivity contribution in [2.75, 3.05) is 20.2 Å². The molecule has 17 heavy (non-hydrogen) atoms. The van der Waals surface area contributed by atoms with Gasteiger partial charge in [-0.05, 0) is 25.0 Å². The zero-order valence-electron chi connectivity index (χ0n) is 10.0. The molecule has 0 aliphatic carbocycles. The van der Waals surface area contributed by atoms with Gasteiger partial charge in [-0.1, -0.05) is 0 Å². The molecular formula is C12H18N2O3. The molecule has 5 heteroatoms. The van der Waals surface area contributed by atoms with E-state index in [-0.39, 0.29) is 5.76 Å². The van der Waals surface area contributed by atoms with E-state index in [1.54, 1.807) is 6.07 Å². The summed E-state index contributed by atoms with van der Waals surface area (Å²) in [6, 6.07) is 3.80. The number of nitrogens with zero attached hydrogens (tertiary/aromatic N) is 1. The van der Waals surface area contributed by atoms with E-state index in [0.29, 0.717) is 6.04 Å². The average molecular weight is 238 g/mol. The van der Waals surface area contributed by atoms with Crippen LogP contribution in [0.25, 0.3) is 0 Å². The van der Waals surface area contributed by atoms with Crippen molar-refractivity contribution < 1.29 is 13.9 Å². The third kappa shape index (κ3) is 3.08. The molecule has 2 rings (SSSR count). The highest BCUT2D eigenvalue weighted by molar-refractivity contribution is 5.86. The van der Waals surface area contributed by atoms with Gasteiger partial charge in [0.2, 0.25) is 5.76 Å². The molecule has 1 aliphatic rings. The number of carbonyl (C=O) groups excluding carboxylic acids is 1. The van der Waals surface area contributed by atoms with E-state index in [1.807, 2.05) is 6.07 Å². The van der Waals surface area contributed by atoms with Crippen molar-refractivity contribution in [2.45, 2.75) is 25.4 Å². The van der Waals surface area contributed by atoms with Gasteiger partial charge in [-0.3, -0.25) is 4.90 Å². The number of nitrogens with two attached hydrogens (primary N) is 1. The van der Waals surface area contributed by atoms with Crippen LogP contribution in [0.1, 0.15) is 29.2 Å². The molecule has 5 nitrogen and oxygen atoms in total. The van der Waals surface area contributed by atoms with Crippen LogP contribution in [0.5, 0.6) is 0 Å². The van der Waals surface area contributed by atoms with Gasteiger partial charge >= 0.3 is 5.97 Å². The minimum atomic E-state index is -0.433. The van der Waals surface area contributed by atoms with Crippen LogP contribution in [0.3, 0.4) is 0 Å². The molecule has 2 N–H and O–H groups in total. The summed E-state index contributed by atoms with van der Waals surface area (Å²) in [5.74, 6) is 0.619. The maximum absolute atomic E-state index is 11.2. The molecule has 94 valence electrons. The molecule has 1 saturated heterocycles. The molecule has 1 fully saturated rings. The summed E-state index contributed by atoms with van der Waals surface area (Å²) in [7, 11) is 1.34. The topological polar surface area (TPSA) is 68.7 Å². The summed E-state index contributed by atoms with van der Waals surface area (Å²) in [6.45, 7) is 2.69. The number of piperidine rings is 1. The van der Waals surface area contributed by atoms with Gasteiger partial charge in [-0.15, -0.1) is 0 Å². The Hall–Kier alpha value is -1.33. The lowest BCUT2D eigenvalue weighted by atomic mass is 10.1. The third-order valence-electron chi connectivity index (χ3n) is 3.06. The smallest absolute Gasteiger partial charge is 0.373 e. The highest BCUT2D eigenvalue weighted by Crippen LogP contribution is 2.15. The number of methoxy groups -OCH3 is 1. The normalized spacial score (nSPS) is 18.2. The van der Waals surface area contributed by atoms with E-state index < -0.39 is 5.97 Å². The molecule has 0 atom stereocenters. The van der Waals surface area contributed by atoms with E-state index in [0.717, 1.165) is 38.2 Å². The first-order chi connectivity index (χ1) is 8.19. The average Bonchev–Trinajstić information content (AvgIpc) is 2.80. The van der Waals surface area contributed by atoms with Crippen molar-refractivity contribution in [2.24, 2.45) is 5.73 Å².